The summed E-state index contributed by atoms with van der Waals surface area (Å²) in [5, 5.41) is 15.6. The summed E-state index contributed by atoms with van der Waals surface area (Å²) in [7, 11) is 0. The predicted molar refractivity (Wildman–Crippen MR) is 79.8 cm³/mol. The SMILES string of the molecule is O=C(CCc1nc2ccccc2[nH]1)NCC1CNCC1O. The number of β-amino-alcohol motifs (C(OH)–C–C–N with tert-alkyl or cyclic N) is 1. The van der Waals surface area contributed by atoms with E-state index >= 15 is 0 Å². The lowest BCUT2D eigenvalue weighted by atomic mass is 10.1. The minimum absolute atomic E-state index is 0.00504. The molecule has 21 heavy (non-hydrogen) atoms. The first kappa shape index (κ1) is 14.0. The van der Waals surface area contributed by atoms with Crippen LogP contribution in [0.4, 0.5) is 0 Å². The molecule has 1 aliphatic rings. The number of amides is 1. The van der Waals surface area contributed by atoms with E-state index in [4.69, 9.17) is 0 Å². The molecular formula is C15H20N4O2. The van der Waals surface area contributed by atoms with Gasteiger partial charge in [0.1, 0.15) is 5.82 Å². The fourth-order valence-electron chi connectivity index (χ4n) is 2.62. The summed E-state index contributed by atoms with van der Waals surface area (Å²) >= 11 is 0. The standard InChI is InChI=1S/C15H20N4O2/c20-13-9-16-7-10(13)8-17-15(21)6-5-14-18-11-3-1-2-4-12(11)19-14/h1-4,10,13,16,20H,5-9H2,(H,17,21)(H,18,19). The molecule has 0 spiro atoms. The number of para-hydroxylation sites is 2. The zero-order chi connectivity index (χ0) is 14.7. The Balaban J connectivity index is 1.47. The summed E-state index contributed by atoms with van der Waals surface area (Å²) in [6.45, 7) is 1.89. The van der Waals surface area contributed by atoms with Crippen LogP contribution in [0.5, 0.6) is 0 Å². The number of hydrogen-bond donors (Lipinski definition) is 4. The molecule has 0 radical (unpaired) electrons. The van der Waals surface area contributed by atoms with Gasteiger partial charge in [0.15, 0.2) is 0 Å². The Bertz CT molecular complexity index is 592. The van der Waals surface area contributed by atoms with E-state index in [1.807, 2.05) is 24.3 Å². The monoisotopic (exact) mass is 288 g/mol. The Morgan fingerprint density at radius 1 is 1.38 bits per heavy atom. The minimum Gasteiger partial charge on any atom is -0.391 e. The van der Waals surface area contributed by atoms with E-state index in [1.165, 1.54) is 0 Å². The molecule has 0 aliphatic carbocycles. The van der Waals surface area contributed by atoms with Gasteiger partial charge in [-0.3, -0.25) is 4.79 Å². The molecule has 4 N–H and O–H groups in total. The maximum absolute atomic E-state index is 11.8. The second-order valence-corrected chi connectivity index (χ2v) is 5.49. The number of carbonyl (C=O) groups excluding carboxylic acids is 1. The van der Waals surface area contributed by atoms with Crippen LogP contribution in [0.15, 0.2) is 24.3 Å². The molecule has 112 valence electrons. The van der Waals surface area contributed by atoms with E-state index in [-0.39, 0.29) is 17.9 Å². The number of rotatable bonds is 5. The van der Waals surface area contributed by atoms with Crippen molar-refractivity contribution in [3.05, 3.63) is 30.1 Å². The number of benzene rings is 1. The van der Waals surface area contributed by atoms with Crippen LogP contribution in [0.2, 0.25) is 0 Å². The third-order valence-corrected chi connectivity index (χ3v) is 3.89. The number of aryl methyl sites for hydroxylation is 1. The molecule has 6 nitrogen and oxygen atoms in total. The summed E-state index contributed by atoms with van der Waals surface area (Å²) in [4.78, 5) is 19.5. The second-order valence-electron chi connectivity index (χ2n) is 5.49. The Morgan fingerprint density at radius 3 is 3.00 bits per heavy atom. The Kier molecular flexibility index (Phi) is 4.17. The van der Waals surface area contributed by atoms with E-state index < -0.39 is 0 Å². The zero-order valence-electron chi connectivity index (χ0n) is 11.8. The molecular weight excluding hydrogens is 268 g/mol. The molecule has 1 amide bonds. The van der Waals surface area contributed by atoms with Crippen molar-refractivity contribution in [2.75, 3.05) is 19.6 Å². The number of aliphatic hydroxyl groups is 1. The molecule has 0 bridgehead atoms. The lowest BCUT2D eigenvalue weighted by molar-refractivity contribution is -0.121. The van der Waals surface area contributed by atoms with Gasteiger partial charge in [0.2, 0.25) is 5.91 Å². The van der Waals surface area contributed by atoms with E-state index in [1.54, 1.807) is 0 Å². The number of H-pyrrole nitrogens is 1. The molecule has 2 atom stereocenters. The summed E-state index contributed by atoms with van der Waals surface area (Å²) in [6, 6.07) is 7.82. The molecule has 1 aliphatic heterocycles. The average Bonchev–Trinajstić information content (AvgIpc) is 3.08. The zero-order valence-corrected chi connectivity index (χ0v) is 11.8. The summed E-state index contributed by atoms with van der Waals surface area (Å²) in [5.74, 6) is 0.934. The van der Waals surface area contributed by atoms with E-state index in [9.17, 15) is 9.90 Å². The van der Waals surface area contributed by atoms with E-state index in [0.717, 1.165) is 23.4 Å². The van der Waals surface area contributed by atoms with Crippen LogP contribution in [0.3, 0.4) is 0 Å². The van der Waals surface area contributed by atoms with Gasteiger partial charge in [0, 0.05) is 38.4 Å². The fraction of sp³-hybridized carbons (Fsp3) is 0.467. The number of aromatic nitrogens is 2. The van der Waals surface area contributed by atoms with Gasteiger partial charge in [0.05, 0.1) is 17.1 Å². The third-order valence-electron chi connectivity index (χ3n) is 3.89. The molecule has 2 unspecified atom stereocenters. The van der Waals surface area contributed by atoms with Gasteiger partial charge in [-0.15, -0.1) is 0 Å². The predicted octanol–water partition coefficient (Wildman–Crippen LogP) is 0.192. The van der Waals surface area contributed by atoms with Crippen LogP contribution in [-0.4, -0.2) is 46.7 Å². The van der Waals surface area contributed by atoms with E-state index in [2.05, 4.69) is 20.6 Å². The van der Waals surface area contributed by atoms with Crippen LogP contribution in [0.1, 0.15) is 12.2 Å². The van der Waals surface area contributed by atoms with Crippen LogP contribution >= 0.6 is 0 Å². The normalized spacial score (nSPS) is 21.8. The van der Waals surface area contributed by atoms with Gasteiger partial charge >= 0.3 is 0 Å². The number of nitrogens with zero attached hydrogens (tertiary/aromatic N) is 1. The van der Waals surface area contributed by atoms with Gasteiger partial charge in [-0.2, -0.15) is 0 Å². The number of fused-ring (bicyclic) bond motifs is 1. The molecule has 1 fully saturated rings. The number of aromatic amines is 1. The lowest BCUT2D eigenvalue weighted by Crippen LogP contribution is -2.34. The minimum atomic E-state index is -0.360. The molecule has 6 heteroatoms. The van der Waals surface area contributed by atoms with Crippen LogP contribution < -0.4 is 10.6 Å². The first-order valence-electron chi connectivity index (χ1n) is 7.31. The largest absolute Gasteiger partial charge is 0.391 e. The topological polar surface area (TPSA) is 90.0 Å². The number of aliphatic hydroxyl groups excluding tert-OH is 1. The second kappa shape index (κ2) is 6.24. The smallest absolute Gasteiger partial charge is 0.220 e. The van der Waals surface area contributed by atoms with Crippen molar-refractivity contribution in [1.29, 1.82) is 0 Å². The number of nitrogens with one attached hydrogen (secondary N) is 3. The first-order valence-corrected chi connectivity index (χ1v) is 7.31. The maximum atomic E-state index is 11.8. The van der Waals surface area contributed by atoms with Crippen LogP contribution in [0.25, 0.3) is 11.0 Å². The molecule has 2 heterocycles. The Labute approximate surface area is 123 Å². The summed E-state index contributed by atoms with van der Waals surface area (Å²) in [6.07, 6.45) is 0.628. The van der Waals surface area contributed by atoms with Gasteiger partial charge in [-0.05, 0) is 12.1 Å². The van der Waals surface area contributed by atoms with Crippen molar-refractivity contribution in [2.45, 2.75) is 18.9 Å². The highest BCUT2D eigenvalue weighted by Crippen LogP contribution is 2.11. The highest BCUT2D eigenvalue weighted by atomic mass is 16.3. The highest BCUT2D eigenvalue weighted by Gasteiger charge is 2.24. The van der Waals surface area contributed by atoms with Gasteiger partial charge in [-0.1, -0.05) is 12.1 Å². The van der Waals surface area contributed by atoms with Gasteiger partial charge in [0.25, 0.3) is 0 Å². The van der Waals surface area contributed by atoms with Crippen molar-refractivity contribution >= 4 is 16.9 Å². The van der Waals surface area contributed by atoms with E-state index in [0.29, 0.717) is 25.9 Å². The summed E-state index contributed by atoms with van der Waals surface area (Å²) in [5.41, 5.74) is 1.92. The van der Waals surface area contributed by atoms with Crippen molar-refractivity contribution in [3.63, 3.8) is 0 Å². The number of carbonyl (C=O) groups is 1. The van der Waals surface area contributed by atoms with Crippen molar-refractivity contribution in [1.82, 2.24) is 20.6 Å². The van der Waals surface area contributed by atoms with Gasteiger partial charge in [-0.25, -0.2) is 4.98 Å². The quantitative estimate of drug-likeness (QED) is 0.632. The molecule has 1 saturated heterocycles. The first-order chi connectivity index (χ1) is 10.2. The van der Waals surface area contributed by atoms with Gasteiger partial charge < -0.3 is 20.7 Å². The molecule has 2 aromatic rings. The fourth-order valence-corrected chi connectivity index (χ4v) is 2.62. The molecule has 3 rings (SSSR count). The lowest BCUT2D eigenvalue weighted by Gasteiger charge is -2.13. The van der Waals surface area contributed by atoms with Crippen molar-refractivity contribution in [3.8, 4) is 0 Å². The van der Waals surface area contributed by atoms with Crippen molar-refractivity contribution in [2.24, 2.45) is 5.92 Å². The molecule has 1 aromatic carbocycles. The number of hydrogen-bond acceptors (Lipinski definition) is 4. The molecule has 1 aromatic heterocycles. The molecule has 0 saturated carbocycles. The number of imidazole rings is 1. The average molecular weight is 288 g/mol. The van der Waals surface area contributed by atoms with Crippen LogP contribution in [0, 0.1) is 5.92 Å². The van der Waals surface area contributed by atoms with Crippen molar-refractivity contribution < 1.29 is 9.90 Å². The third kappa shape index (κ3) is 3.40. The Hall–Kier alpha value is -1.92. The summed E-state index contributed by atoms with van der Waals surface area (Å²) < 4.78 is 0. The Morgan fingerprint density at radius 2 is 2.24 bits per heavy atom. The highest BCUT2D eigenvalue weighted by molar-refractivity contribution is 5.77. The van der Waals surface area contributed by atoms with Crippen LogP contribution in [-0.2, 0) is 11.2 Å². The maximum Gasteiger partial charge on any atom is 0.220 e.